The first-order valence-electron chi connectivity index (χ1n) is 9.74. The van der Waals surface area contributed by atoms with Gasteiger partial charge in [0, 0.05) is 38.0 Å². The zero-order chi connectivity index (χ0) is 19.8. The van der Waals surface area contributed by atoms with Gasteiger partial charge in [0.05, 0.1) is 19.1 Å². The lowest BCUT2D eigenvalue weighted by atomic mass is 9.82. The van der Waals surface area contributed by atoms with Crippen molar-refractivity contribution in [3.63, 3.8) is 0 Å². The summed E-state index contributed by atoms with van der Waals surface area (Å²) in [4.78, 5) is 29.4. The Morgan fingerprint density at radius 1 is 1.19 bits per heavy atom. The van der Waals surface area contributed by atoms with Gasteiger partial charge in [-0.05, 0) is 45.9 Å². The third-order valence-corrected chi connectivity index (χ3v) is 5.58. The van der Waals surface area contributed by atoms with Crippen LogP contribution in [-0.4, -0.2) is 59.5 Å². The number of benzene rings is 1. The molecule has 148 valence electrons. The molecule has 1 spiro atoms. The molecule has 1 aromatic carbocycles. The first kappa shape index (κ1) is 19.5. The Labute approximate surface area is 161 Å². The molecule has 0 atom stereocenters. The minimum absolute atomic E-state index is 0.0714. The number of piperidine rings is 1. The summed E-state index contributed by atoms with van der Waals surface area (Å²) in [5.41, 5.74) is 0.0833. The Hall–Kier alpha value is -2.24. The summed E-state index contributed by atoms with van der Waals surface area (Å²) in [7, 11) is 1.59. The topological polar surface area (TPSA) is 59.1 Å². The van der Waals surface area contributed by atoms with E-state index in [0.29, 0.717) is 49.4 Å². The lowest BCUT2D eigenvalue weighted by molar-refractivity contribution is -0.00551. The third-order valence-electron chi connectivity index (χ3n) is 5.58. The van der Waals surface area contributed by atoms with Crippen molar-refractivity contribution in [1.29, 1.82) is 0 Å². The van der Waals surface area contributed by atoms with Crippen molar-refractivity contribution < 1.29 is 19.1 Å². The van der Waals surface area contributed by atoms with E-state index in [1.54, 1.807) is 13.2 Å². The molecular formula is C21H30N2O4. The molecule has 6 nitrogen and oxygen atoms in total. The molecule has 0 aliphatic carbocycles. The molecule has 1 saturated heterocycles. The number of carbonyl (C=O) groups is 2. The smallest absolute Gasteiger partial charge is 0.320 e. The van der Waals surface area contributed by atoms with Crippen LogP contribution in [0.5, 0.6) is 11.5 Å². The van der Waals surface area contributed by atoms with Crippen molar-refractivity contribution in [2.24, 2.45) is 0 Å². The van der Waals surface area contributed by atoms with E-state index >= 15 is 0 Å². The van der Waals surface area contributed by atoms with Gasteiger partial charge in [0.25, 0.3) is 0 Å². The molecule has 0 aromatic heterocycles. The maximum atomic E-state index is 12.9. The lowest BCUT2D eigenvalue weighted by Gasteiger charge is -2.45. The second-order valence-electron chi connectivity index (χ2n) is 8.11. The predicted molar refractivity (Wildman–Crippen MR) is 104 cm³/mol. The first-order chi connectivity index (χ1) is 12.8. The summed E-state index contributed by atoms with van der Waals surface area (Å²) >= 11 is 0. The number of ether oxygens (including phenoxy) is 2. The third kappa shape index (κ3) is 3.75. The number of ketones is 1. The molecule has 1 aromatic rings. The number of nitrogens with zero attached hydrogens (tertiary/aromatic N) is 2. The van der Waals surface area contributed by atoms with Gasteiger partial charge in [-0.25, -0.2) is 4.79 Å². The summed E-state index contributed by atoms with van der Waals surface area (Å²) in [6, 6.07) is 5.75. The molecule has 0 N–H and O–H groups in total. The molecule has 0 radical (unpaired) electrons. The molecule has 0 saturated carbocycles. The highest BCUT2D eigenvalue weighted by Crippen LogP contribution is 2.40. The van der Waals surface area contributed by atoms with E-state index in [0.717, 1.165) is 0 Å². The quantitative estimate of drug-likeness (QED) is 0.809. The van der Waals surface area contributed by atoms with Crippen molar-refractivity contribution in [2.45, 2.75) is 64.6 Å². The molecule has 2 aliphatic heterocycles. The zero-order valence-corrected chi connectivity index (χ0v) is 16.9. The minimum Gasteiger partial charge on any atom is -0.497 e. The predicted octanol–water partition coefficient (Wildman–Crippen LogP) is 3.73. The van der Waals surface area contributed by atoms with Gasteiger partial charge >= 0.3 is 6.03 Å². The number of likely N-dealkylation sites (tertiary alicyclic amines) is 1. The van der Waals surface area contributed by atoms with Crippen LogP contribution in [0.25, 0.3) is 0 Å². The molecular weight excluding hydrogens is 344 g/mol. The van der Waals surface area contributed by atoms with E-state index < -0.39 is 5.60 Å². The average Bonchev–Trinajstić information content (AvgIpc) is 2.61. The minimum atomic E-state index is -0.504. The Kier molecular flexibility index (Phi) is 5.36. The van der Waals surface area contributed by atoms with E-state index in [4.69, 9.17) is 9.47 Å². The fraction of sp³-hybridized carbons (Fsp3) is 0.619. The van der Waals surface area contributed by atoms with Gasteiger partial charge in [0.2, 0.25) is 0 Å². The molecule has 2 heterocycles. The number of Topliss-reactive ketones (excluding diaryl/α,β-unsaturated/α-hetero) is 1. The molecule has 3 rings (SSSR count). The molecule has 1 fully saturated rings. The normalized spacial score (nSPS) is 18.5. The second-order valence-corrected chi connectivity index (χ2v) is 8.11. The van der Waals surface area contributed by atoms with Crippen molar-refractivity contribution in [3.8, 4) is 11.5 Å². The SMILES string of the molecule is COc1ccc2c(c1)C(=O)CC1(CCN(C(=O)N(C(C)C)C(C)C)CC1)O2. The largest absolute Gasteiger partial charge is 0.497 e. The van der Waals surface area contributed by atoms with Gasteiger partial charge in [-0.3, -0.25) is 4.79 Å². The van der Waals surface area contributed by atoms with Gasteiger partial charge in [0.15, 0.2) is 5.78 Å². The summed E-state index contributed by atoms with van der Waals surface area (Å²) in [5.74, 6) is 1.36. The van der Waals surface area contributed by atoms with Crippen LogP contribution in [0.4, 0.5) is 4.79 Å². The maximum absolute atomic E-state index is 12.9. The standard InChI is InChI=1S/C21H30N2O4/c1-14(2)23(15(3)4)20(25)22-10-8-21(9-11-22)13-18(24)17-12-16(26-5)6-7-19(17)27-21/h6-7,12,14-15H,8-11,13H2,1-5H3. The number of amides is 2. The van der Waals surface area contributed by atoms with Crippen LogP contribution in [0.15, 0.2) is 18.2 Å². The van der Waals surface area contributed by atoms with E-state index in [1.807, 2.05) is 49.6 Å². The summed E-state index contributed by atoms with van der Waals surface area (Å²) < 4.78 is 11.5. The number of fused-ring (bicyclic) bond motifs is 1. The van der Waals surface area contributed by atoms with Crippen LogP contribution in [-0.2, 0) is 0 Å². The Bertz CT molecular complexity index is 713. The van der Waals surface area contributed by atoms with Gasteiger partial charge in [-0.1, -0.05) is 0 Å². The lowest BCUT2D eigenvalue weighted by Crippen LogP contribution is -2.56. The van der Waals surface area contributed by atoms with E-state index in [2.05, 4.69) is 0 Å². The first-order valence-corrected chi connectivity index (χ1v) is 9.74. The van der Waals surface area contributed by atoms with Crippen molar-refractivity contribution >= 4 is 11.8 Å². The highest BCUT2D eigenvalue weighted by molar-refractivity contribution is 6.00. The van der Waals surface area contributed by atoms with Crippen molar-refractivity contribution in [2.75, 3.05) is 20.2 Å². The van der Waals surface area contributed by atoms with Crippen LogP contribution >= 0.6 is 0 Å². The Morgan fingerprint density at radius 2 is 1.81 bits per heavy atom. The molecule has 6 heteroatoms. The summed E-state index contributed by atoms with van der Waals surface area (Å²) in [5, 5.41) is 0. The second kappa shape index (κ2) is 7.41. The number of methoxy groups -OCH3 is 1. The van der Waals surface area contributed by atoms with Crippen molar-refractivity contribution in [3.05, 3.63) is 23.8 Å². The maximum Gasteiger partial charge on any atom is 0.320 e. The Balaban J connectivity index is 1.71. The van der Waals surface area contributed by atoms with Gasteiger partial charge in [0.1, 0.15) is 17.1 Å². The zero-order valence-electron chi connectivity index (χ0n) is 16.9. The van der Waals surface area contributed by atoms with Crippen LogP contribution < -0.4 is 9.47 Å². The monoisotopic (exact) mass is 374 g/mol. The molecule has 2 amide bonds. The number of carbonyl (C=O) groups excluding carboxylic acids is 2. The van der Waals surface area contributed by atoms with Gasteiger partial charge < -0.3 is 19.3 Å². The average molecular weight is 374 g/mol. The Morgan fingerprint density at radius 3 is 2.37 bits per heavy atom. The molecule has 2 aliphatic rings. The number of hydrogen-bond donors (Lipinski definition) is 0. The van der Waals surface area contributed by atoms with Crippen LogP contribution in [0.2, 0.25) is 0 Å². The van der Waals surface area contributed by atoms with Crippen LogP contribution in [0.3, 0.4) is 0 Å². The number of rotatable bonds is 3. The number of hydrogen-bond acceptors (Lipinski definition) is 4. The van der Waals surface area contributed by atoms with Crippen molar-refractivity contribution in [1.82, 2.24) is 9.80 Å². The molecule has 0 unspecified atom stereocenters. The number of urea groups is 1. The van der Waals surface area contributed by atoms with E-state index in [-0.39, 0.29) is 23.9 Å². The summed E-state index contributed by atoms with van der Waals surface area (Å²) in [6.07, 6.45) is 1.69. The fourth-order valence-electron chi connectivity index (χ4n) is 4.19. The summed E-state index contributed by atoms with van der Waals surface area (Å²) in [6.45, 7) is 9.37. The molecule has 0 bridgehead atoms. The molecule has 27 heavy (non-hydrogen) atoms. The van der Waals surface area contributed by atoms with Gasteiger partial charge in [-0.15, -0.1) is 0 Å². The van der Waals surface area contributed by atoms with E-state index in [1.165, 1.54) is 0 Å². The van der Waals surface area contributed by atoms with E-state index in [9.17, 15) is 9.59 Å². The van der Waals surface area contributed by atoms with Crippen LogP contribution in [0, 0.1) is 0 Å². The highest BCUT2D eigenvalue weighted by atomic mass is 16.5. The van der Waals surface area contributed by atoms with Gasteiger partial charge in [-0.2, -0.15) is 0 Å². The highest BCUT2D eigenvalue weighted by Gasteiger charge is 2.44. The van der Waals surface area contributed by atoms with Crippen LogP contribution in [0.1, 0.15) is 57.3 Å². The fourth-order valence-corrected chi connectivity index (χ4v) is 4.19.